The molecule has 1 amide bonds. The van der Waals surface area contributed by atoms with E-state index in [0.717, 1.165) is 0 Å². The summed E-state index contributed by atoms with van der Waals surface area (Å²) in [6.45, 7) is 0.514. The fraction of sp³-hybridized carbons (Fsp3) is 0.263. The van der Waals surface area contributed by atoms with E-state index in [1.165, 1.54) is 22.7 Å². The number of hydrogen-bond acceptors (Lipinski definition) is 4. The zero-order chi connectivity index (χ0) is 21.0. The van der Waals surface area contributed by atoms with Gasteiger partial charge in [-0.3, -0.25) is 4.79 Å². The standard InChI is InChI=1S/C19H18Cl3N3O3S/c20-15-4-6-16(7-5-15)29(27,28)25-10-8-13(9-11-25)19(26)24-23-12-14-2-1-3-17(21)18(14)22/h1-7,12-13H,8-11H2,(H,24,26). The summed E-state index contributed by atoms with van der Waals surface area (Å²) in [6, 6.07) is 11.2. The van der Waals surface area contributed by atoms with Crippen LogP contribution in [0.4, 0.5) is 0 Å². The van der Waals surface area contributed by atoms with Crippen LogP contribution < -0.4 is 5.43 Å². The average molecular weight is 475 g/mol. The molecule has 2 aromatic carbocycles. The monoisotopic (exact) mass is 473 g/mol. The smallest absolute Gasteiger partial charge is 0.243 e. The predicted molar refractivity (Wildman–Crippen MR) is 115 cm³/mol. The van der Waals surface area contributed by atoms with E-state index in [-0.39, 0.29) is 29.8 Å². The molecule has 0 spiro atoms. The van der Waals surface area contributed by atoms with Gasteiger partial charge < -0.3 is 0 Å². The quantitative estimate of drug-likeness (QED) is 0.521. The molecule has 0 unspecified atom stereocenters. The molecule has 2 aromatic rings. The second kappa shape index (κ2) is 9.45. The molecule has 1 heterocycles. The molecular formula is C19H18Cl3N3O3S. The SMILES string of the molecule is O=C(NN=Cc1cccc(Cl)c1Cl)C1CCN(S(=O)(=O)c2ccc(Cl)cc2)CC1. The summed E-state index contributed by atoms with van der Waals surface area (Å²) in [6.07, 6.45) is 2.24. The van der Waals surface area contributed by atoms with Crippen molar-refractivity contribution in [2.45, 2.75) is 17.7 Å². The number of benzene rings is 2. The molecule has 3 rings (SSSR count). The maximum Gasteiger partial charge on any atom is 0.243 e. The average Bonchev–Trinajstić information content (AvgIpc) is 2.71. The molecule has 0 bridgehead atoms. The summed E-state index contributed by atoms with van der Waals surface area (Å²) in [7, 11) is -3.60. The van der Waals surface area contributed by atoms with Crippen LogP contribution in [0.25, 0.3) is 0 Å². The van der Waals surface area contributed by atoms with E-state index in [9.17, 15) is 13.2 Å². The fourth-order valence-electron chi connectivity index (χ4n) is 2.99. The molecular weight excluding hydrogens is 457 g/mol. The lowest BCUT2D eigenvalue weighted by molar-refractivity contribution is -0.126. The van der Waals surface area contributed by atoms with Crippen molar-refractivity contribution in [1.82, 2.24) is 9.73 Å². The summed E-state index contributed by atoms with van der Waals surface area (Å²) in [5, 5.41) is 5.16. The molecule has 10 heteroatoms. The number of hydrazone groups is 1. The Morgan fingerprint density at radius 1 is 1.07 bits per heavy atom. The molecule has 0 atom stereocenters. The third-order valence-corrected chi connectivity index (χ3v) is 7.63. The number of carbonyl (C=O) groups is 1. The molecule has 0 saturated carbocycles. The van der Waals surface area contributed by atoms with Crippen molar-refractivity contribution in [2.24, 2.45) is 11.0 Å². The molecule has 154 valence electrons. The number of rotatable bonds is 5. The van der Waals surface area contributed by atoms with Crippen molar-refractivity contribution in [2.75, 3.05) is 13.1 Å². The van der Waals surface area contributed by atoms with Gasteiger partial charge in [-0.2, -0.15) is 9.41 Å². The van der Waals surface area contributed by atoms with Crippen molar-refractivity contribution in [3.8, 4) is 0 Å². The van der Waals surface area contributed by atoms with Gasteiger partial charge in [0.2, 0.25) is 15.9 Å². The Morgan fingerprint density at radius 2 is 1.72 bits per heavy atom. The van der Waals surface area contributed by atoms with Crippen LogP contribution in [-0.2, 0) is 14.8 Å². The van der Waals surface area contributed by atoms with E-state index in [0.29, 0.717) is 33.5 Å². The molecule has 0 aromatic heterocycles. The molecule has 1 saturated heterocycles. The zero-order valence-corrected chi connectivity index (χ0v) is 18.3. The second-order valence-corrected chi connectivity index (χ2v) is 9.67. The number of carbonyl (C=O) groups excluding carboxylic acids is 1. The van der Waals surface area contributed by atoms with Crippen LogP contribution in [0.1, 0.15) is 18.4 Å². The van der Waals surface area contributed by atoms with Crippen LogP contribution >= 0.6 is 34.8 Å². The van der Waals surface area contributed by atoms with Crippen molar-refractivity contribution in [1.29, 1.82) is 0 Å². The number of nitrogens with one attached hydrogen (secondary N) is 1. The van der Waals surface area contributed by atoms with E-state index >= 15 is 0 Å². The summed E-state index contributed by atoms with van der Waals surface area (Å²) in [4.78, 5) is 12.5. The van der Waals surface area contributed by atoms with Gasteiger partial charge in [-0.1, -0.05) is 46.9 Å². The van der Waals surface area contributed by atoms with Crippen molar-refractivity contribution in [3.05, 3.63) is 63.1 Å². The molecule has 0 aliphatic carbocycles. The van der Waals surface area contributed by atoms with Crippen LogP contribution in [0.2, 0.25) is 15.1 Å². The minimum atomic E-state index is -3.60. The van der Waals surface area contributed by atoms with E-state index < -0.39 is 10.0 Å². The summed E-state index contributed by atoms with van der Waals surface area (Å²) < 4.78 is 26.8. The van der Waals surface area contributed by atoms with E-state index in [2.05, 4.69) is 10.5 Å². The number of hydrogen-bond donors (Lipinski definition) is 1. The van der Waals surface area contributed by atoms with Gasteiger partial charge in [-0.15, -0.1) is 0 Å². The Hall–Kier alpha value is -1.64. The zero-order valence-electron chi connectivity index (χ0n) is 15.2. The van der Waals surface area contributed by atoms with Gasteiger partial charge >= 0.3 is 0 Å². The largest absolute Gasteiger partial charge is 0.273 e. The number of piperidine rings is 1. The van der Waals surface area contributed by atoms with Gasteiger partial charge in [0.05, 0.1) is 21.2 Å². The number of nitrogens with zero attached hydrogens (tertiary/aromatic N) is 2. The lowest BCUT2D eigenvalue weighted by atomic mass is 9.98. The van der Waals surface area contributed by atoms with Gasteiger partial charge in [0.25, 0.3) is 0 Å². The molecule has 1 aliphatic rings. The van der Waals surface area contributed by atoms with E-state index in [1.54, 1.807) is 30.3 Å². The maximum absolute atomic E-state index is 12.7. The number of sulfonamides is 1. The minimum absolute atomic E-state index is 0.188. The van der Waals surface area contributed by atoms with Crippen LogP contribution in [0.5, 0.6) is 0 Å². The first-order chi connectivity index (χ1) is 13.8. The normalized spacial score (nSPS) is 16.2. The second-order valence-electron chi connectivity index (χ2n) is 6.51. The summed E-state index contributed by atoms with van der Waals surface area (Å²) >= 11 is 17.8. The minimum Gasteiger partial charge on any atom is -0.273 e. The fourth-order valence-corrected chi connectivity index (χ4v) is 4.94. The Kier molecular flexibility index (Phi) is 7.19. The third kappa shape index (κ3) is 5.29. The molecule has 6 nitrogen and oxygen atoms in total. The number of halogens is 3. The highest BCUT2D eigenvalue weighted by Gasteiger charge is 2.32. The first-order valence-electron chi connectivity index (χ1n) is 8.81. The first-order valence-corrected chi connectivity index (χ1v) is 11.4. The van der Waals surface area contributed by atoms with E-state index in [1.807, 2.05) is 0 Å². The Morgan fingerprint density at radius 3 is 2.38 bits per heavy atom. The summed E-state index contributed by atoms with van der Waals surface area (Å²) in [5.41, 5.74) is 3.07. The molecule has 0 radical (unpaired) electrons. The third-order valence-electron chi connectivity index (χ3n) is 4.64. The number of amides is 1. The first kappa shape index (κ1) is 22.1. The maximum atomic E-state index is 12.7. The van der Waals surface area contributed by atoms with Crippen molar-refractivity contribution >= 4 is 56.9 Å². The molecule has 1 aliphatic heterocycles. The van der Waals surface area contributed by atoms with Crippen molar-refractivity contribution < 1.29 is 13.2 Å². The molecule has 29 heavy (non-hydrogen) atoms. The lowest BCUT2D eigenvalue weighted by Gasteiger charge is -2.30. The summed E-state index contributed by atoms with van der Waals surface area (Å²) in [5.74, 6) is -0.582. The van der Waals surface area contributed by atoms with Gasteiger partial charge in [-0.05, 0) is 43.2 Å². The Balaban J connectivity index is 1.56. The van der Waals surface area contributed by atoms with E-state index in [4.69, 9.17) is 34.8 Å². The highest BCUT2D eigenvalue weighted by molar-refractivity contribution is 7.89. The highest BCUT2D eigenvalue weighted by Crippen LogP contribution is 2.25. The Bertz CT molecular complexity index is 1020. The lowest BCUT2D eigenvalue weighted by Crippen LogP contribution is -2.42. The van der Waals surface area contributed by atoms with Gasteiger partial charge in [-0.25, -0.2) is 13.8 Å². The van der Waals surface area contributed by atoms with Gasteiger partial charge in [0.1, 0.15) is 0 Å². The van der Waals surface area contributed by atoms with Crippen LogP contribution in [0.3, 0.4) is 0 Å². The highest BCUT2D eigenvalue weighted by atomic mass is 35.5. The van der Waals surface area contributed by atoms with Crippen molar-refractivity contribution in [3.63, 3.8) is 0 Å². The van der Waals surface area contributed by atoms with Gasteiger partial charge in [0, 0.05) is 29.6 Å². The Labute approximate surface area is 184 Å². The van der Waals surface area contributed by atoms with Crippen LogP contribution in [0, 0.1) is 5.92 Å². The molecule has 1 N–H and O–H groups in total. The van der Waals surface area contributed by atoms with Crippen LogP contribution in [0.15, 0.2) is 52.5 Å². The molecule has 1 fully saturated rings. The predicted octanol–water partition coefficient (Wildman–Crippen LogP) is 4.20. The van der Waals surface area contributed by atoms with Gasteiger partial charge in [0.15, 0.2) is 0 Å². The topological polar surface area (TPSA) is 78.8 Å². The van der Waals surface area contributed by atoms with Crippen LogP contribution in [-0.4, -0.2) is 37.9 Å².